The lowest BCUT2D eigenvalue weighted by Gasteiger charge is -2.04. The van der Waals surface area contributed by atoms with E-state index in [0.717, 1.165) is 0 Å². The molecule has 0 amide bonds. The van der Waals surface area contributed by atoms with E-state index in [9.17, 15) is 14.3 Å². The smallest absolute Gasteiger partial charge is 0.355 e. The van der Waals surface area contributed by atoms with Gasteiger partial charge in [-0.3, -0.25) is 0 Å². The molecule has 20 heavy (non-hydrogen) atoms. The molecule has 1 aromatic heterocycles. The van der Waals surface area contributed by atoms with E-state index in [1.165, 1.54) is 28.9 Å². The van der Waals surface area contributed by atoms with Gasteiger partial charge in [-0.05, 0) is 52.5 Å². The Labute approximate surface area is 124 Å². The lowest BCUT2D eigenvalue weighted by molar-refractivity contribution is 0.0686. The number of rotatable bonds is 4. The Morgan fingerprint density at radius 2 is 2.00 bits per heavy atom. The van der Waals surface area contributed by atoms with Gasteiger partial charge in [0.25, 0.3) is 0 Å². The van der Waals surface area contributed by atoms with Gasteiger partial charge in [-0.2, -0.15) is 5.10 Å². The molecule has 2 aromatic rings. The molecule has 1 aromatic carbocycles. The zero-order valence-corrected chi connectivity index (χ0v) is 12.7. The molecule has 0 aliphatic rings. The first-order valence-corrected chi connectivity index (χ1v) is 6.96. The molecular formula is C14H14BrFN2O2. The predicted octanol–water partition coefficient (Wildman–Crippen LogP) is 3.67. The Morgan fingerprint density at radius 3 is 2.50 bits per heavy atom. The van der Waals surface area contributed by atoms with Gasteiger partial charge in [-0.1, -0.05) is 13.8 Å². The van der Waals surface area contributed by atoms with E-state index < -0.39 is 5.97 Å². The molecule has 0 aliphatic heterocycles. The fraction of sp³-hybridized carbons (Fsp3) is 0.286. The topological polar surface area (TPSA) is 55.1 Å². The number of carboxylic acids is 1. The number of nitrogens with zero attached hydrogens (tertiary/aromatic N) is 2. The van der Waals surface area contributed by atoms with E-state index in [2.05, 4.69) is 21.0 Å². The fourth-order valence-corrected chi connectivity index (χ4v) is 2.49. The first-order valence-electron chi connectivity index (χ1n) is 6.16. The van der Waals surface area contributed by atoms with Crippen molar-refractivity contribution in [1.29, 1.82) is 0 Å². The van der Waals surface area contributed by atoms with Crippen molar-refractivity contribution in [3.8, 4) is 5.69 Å². The summed E-state index contributed by atoms with van der Waals surface area (Å²) in [4.78, 5) is 11.4. The average Bonchev–Trinajstić information content (AvgIpc) is 2.67. The van der Waals surface area contributed by atoms with E-state index in [1.807, 2.05) is 13.8 Å². The summed E-state index contributed by atoms with van der Waals surface area (Å²) in [6.45, 7) is 4.06. The summed E-state index contributed by atoms with van der Waals surface area (Å²) in [6, 6.07) is 5.55. The Balaban J connectivity index is 2.56. The van der Waals surface area contributed by atoms with Gasteiger partial charge in [0.2, 0.25) is 0 Å². The molecule has 4 nitrogen and oxygen atoms in total. The second kappa shape index (κ2) is 5.75. The number of halogens is 2. The number of aromatic nitrogens is 2. The van der Waals surface area contributed by atoms with Crippen LogP contribution in [-0.4, -0.2) is 20.9 Å². The molecule has 0 bridgehead atoms. The van der Waals surface area contributed by atoms with Crippen molar-refractivity contribution in [3.63, 3.8) is 0 Å². The zero-order valence-electron chi connectivity index (χ0n) is 11.1. The molecular weight excluding hydrogens is 327 g/mol. The molecule has 2 rings (SSSR count). The number of carboxylic acid groups (broad SMARTS) is 1. The monoisotopic (exact) mass is 340 g/mol. The van der Waals surface area contributed by atoms with Crippen LogP contribution in [-0.2, 0) is 6.42 Å². The van der Waals surface area contributed by atoms with Crippen molar-refractivity contribution in [3.05, 3.63) is 45.9 Å². The molecule has 106 valence electrons. The number of aromatic carboxylic acids is 1. The molecule has 0 atom stereocenters. The predicted molar refractivity (Wildman–Crippen MR) is 76.7 cm³/mol. The third-order valence-corrected chi connectivity index (χ3v) is 3.60. The van der Waals surface area contributed by atoms with Crippen molar-refractivity contribution in [1.82, 2.24) is 9.78 Å². The first kappa shape index (κ1) is 14.7. The SMILES string of the molecule is CC(C)Cc1nn(-c2ccc(F)cc2)c(C(=O)O)c1Br. The standard InChI is InChI=1S/C14H14BrFN2O2/c1-8(2)7-11-12(15)13(14(19)20)18(17-11)10-5-3-9(16)4-6-10/h3-6,8H,7H2,1-2H3,(H,19,20). The van der Waals surface area contributed by atoms with Crippen LogP contribution < -0.4 is 0 Å². The summed E-state index contributed by atoms with van der Waals surface area (Å²) >= 11 is 3.30. The maximum Gasteiger partial charge on any atom is 0.355 e. The van der Waals surface area contributed by atoms with Crippen molar-refractivity contribution in [2.45, 2.75) is 20.3 Å². The van der Waals surface area contributed by atoms with Crippen molar-refractivity contribution in [2.24, 2.45) is 5.92 Å². The highest BCUT2D eigenvalue weighted by atomic mass is 79.9. The van der Waals surface area contributed by atoms with Crippen LogP contribution in [0.5, 0.6) is 0 Å². The molecule has 6 heteroatoms. The van der Waals surface area contributed by atoms with Gasteiger partial charge in [-0.25, -0.2) is 13.9 Å². The quantitative estimate of drug-likeness (QED) is 0.923. The van der Waals surface area contributed by atoms with Crippen LogP contribution in [0.15, 0.2) is 28.7 Å². The van der Waals surface area contributed by atoms with Crippen molar-refractivity contribution in [2.75, 3.05) is 0 Å². The molecule has 0 radical (unpaired) electrons. The minimum Gasteiger partial charge on any atom is -0.476 e. The normalized spacial score (nSPS) is 11.1. The van der Waals surface area contributed by atoms with Gasteiger partial charge < -0.3 is 5.11 Å². The summed E-state index contributed by atoms with van der Waals surface area (Å²) < 4.78 is 14.8. The van der Waals surface area contributed by atoms with Gasteiger partial charge in [0, 0.05) is 0 Å². The summed E-state index contributed by atoms with van der Waals surface area (Å²) in [5.74, 6) is -1.10. The van der Waals surface area contributed by atoms with Gasteiger partial charge in [0.1, 0.15) is 5.82 Å². The Hall–Kier alpha value is -1.69. The van der Waals surface area contributed by atoms with E-state index in [0.29, 0.717) is 28.2 Å². The van der Waals surface area contributed by atoms with Crippen LogP contribution in [0.1, 0.15) is 30.0 Å². The Morgan fingerprint density at radius 1 is 1.40 bits per heavy atom. The lowest BCUT2D eigenvalue weighted by atomic mass is 10.1. The maximum absolute atomic E-state index is 13.0. The maximum atomic E-state index is 13.0. The Bertz CT molecular complexity index is 635. The highest BCUT2D eigenvalue weighted by Gasteiger charge is 2.22. The lowest BCUT2D eigenvalue weighted by Crippen LogP contribution is -2.08. The van der Waals surface area contributed by atoms with Gasteiger partial charge in [0.15, 0.2) is 5.69 Å². The van der Waals surface area contributed by atoms with Crippen molar-refractivity contribution < 1.29 is 14.3 Å². The highest BCUT2D eigenvalue weighted by molar-refractivity contribution is 9.10. The third kappa shape index (κ3) is 2.90. The number of hydrogen-bond donors (Lipinski definition) is 1. The van der Waals surface area contributed by atoms with E-state index >= 15 is 0 Å². The molecule has 0 fully saturated rings. The van der Waals surface area contributed by atoms with Crippen LogP contribution in [0, 0.1) is 11.7 Å². The van der Waals surface area contributed by atoms with Crippen LogP contribution in [0.3, 0.4) is 0 Å². The minimum atomic E-state index is -1.08. The summed E-state index contributed by atoms with van der Waals surface area (Å²) in [5, 5.41) is 13.7. The van der Waals surface area contributed by atoms with Crippen LogP contribution in [0.25, 0.3) is 5.69 Å². The highest BCUT2D eigenvalue weighted by Crippen LogP contribution is 2.26. The van der Waals surface area contributed by atoms with Crippen LogP contribution >= 0.6 is 15.9 Å². The fourth-order valence-electron chi connectivity index (χ4n) is 1.91. The molecule has 0 spiro atoms. The number of hydrogen-bond acceptors (Lipinski definition) is 2. The molecule has 0 saturated heterocycles. The third-order valence-electron chi connectivity index (χ3n) is 2.77. The average molecular weight is 341 g/mol. The number of carbonyl (C=O) groups is 1. The first-order chi connectivity index (χ1) is 9.40. The van der Waals surface area contributed by atoms with Gasteiger partial charge in [0.05, 0.1) is 15.9 Å². The second-order valence-electron chi connectivity index (χ2n) is 4.90. The zero-order chi connectivity index (χ0) is 14.9. The van der Waals surface area contributed by atoms with E-state index in [-0.39, 0.29) is 11.5 Å². The van der Waals surface area contributed by atoms with Crippen LogP contribution in [0.2, 0.25) is 0 Å². The number of benzene rings is 1. The van der Waals surface area contributed by atoms with E-state index in [1.54, 1.807) is 0 Å². The minimum absolute atomic E-state index is 0.0484. The largest absolute Gasteiger partial charge is 0.476 e. The summed E-state index contributed by atoms with van der Waals surface area (Å²) in [7, 11) is 0. The molecule has 0 unspecified atom stereocenters. The van der Waals surface area contributed by atoms with Crippen LogP contribution in [0.4, 0.5) is 4.39 Å². The summed E-state index contributed by atoms with van der Waals surface area (Å²) in [5.41, 5.74) is 1.24. The van der Waals surface area contributed by atoms with Gasteiger partial charge >= 0.3 is 5.97 Å². The molecule has 1 heterocycles. The van der Waals surface area contributed by atoms with Gasteiger partial charge in [-0.15, -0.1) is 0 Å². The second-order valence-corrected chi connectivity index (χ2v) is 5.69. The Kier molecular flexibility index (Phi) is 4.23. The summed E-state index contributed by atoms with van der Waals surface area (Å²) in [6.07, 6.45) is 0.662. The van der Waals surface area contributed by atoms with Crippen molar-refractivity contribution >= 4 is 21.9 Å². The molecule has 1 N–H and O–H groups in total. The van der Waals surface area contributed by atoms with E-state index in [4.69, 9.17) is 0 Å². The molecule has 0 saturated carbocycles. The molecule has 0 aliphatic carbocycles.